The van der Waals surface area contributed by atoms with Crippen molar-refractivity contribution in [1.82, 2.24) is 35.5 Å². The summed E-state index contributed by atoms with van der Waals surface area (Å²) in [5.74, 6) is -2.66. The molecule has 4 amide bonds. The highest BCUT2D eigenvalue weighted by Gasteiger charge is 2.48. The lowest BCUT2D eigenvalue weighted by molar-refractivity contribution is -0.150. The monoisotopic (exact) mass is 517 g/mol. The average molecular weight is 517 g/mol. The molecule has 6 rings (SSSR count). The molecule has 3 aromatic rings. The predicted molar refractivity (Wildman–Crippen MR) is 125 cm³/mol. The van der Waals surface area contributed by atoms with Crippen LogP contribution >= 0.6 is 0 Å². The molecular formula is C25H20FN7O5. The van der Waals surface area contributed by atoms with Gasteiger partial charge in [0.1, 0.15) is 17.6 Å². The second-order valence-corrected chi connectivity index (χ2v) is 9.09. The van der Waals surface area contributed by atoms with Crippen molar-refractivity contribution in [3.63, 3.8) is 0 Å². The number of rotatable bonds is 5. The van der Waals surface area contributed by atoms with Gasteiger partial charge in [-0.15, -0.1) is 0 Å². The van der Waals surface area contributed by atoms with Gasteiger partial charge in [-0.3, -0.25) is 29.4 Å². The van der Waals surface area contributed by atoms with Crippen molar-refractivity contribution in [2.24, 2.45) is 0 Å². The summed E-state index contributed by atoms with van der Waals surface area (Å²) in [6.45, 7) is 0.453. The fourth-order valence-electron chi connectivity index (χ4n) is 5.00. The molecule has 1 aromatic carbocycles. The van der Waals surface area contributed by atoms with E-state index < -0.39 is 35.5 Å². The molecule has 0 spiro atoms. The first-order valence-electron chi connectivity index (χ1n) is 12.0. The lowest BCUT2D eigenvalue weighted by Crippen LogP contribution is -2.55. The Morgan fingerprint density at radius 3 is 2.68 bits per heavy atom. The molecule has 0 aliphatic carbocycles. The van der Waals surface area contributed by atoms with E-state index in [2.05, 4.69) is 25.7 Å². The molecule has 12 nitrogen and oxygen atoms in total. The number of carbonyl (C=O) groups is 4. The smallest absolute Gasteiger partial charge is 0.278 e. The van der Waals surface area contributed by atoms with E-state index in [1.165, 1.54) is 12.3 Å². The Morgan fingerprint density at radius 1 is 1.05 bits per heavy atom. The number of hydrogen-bond acceptors (Lipinski definition) is 10. The summed E-state index contributed by atoms with van der Waals surface area (Å²) in [7, 11) is 0. The second-order valence-electron chi connectivity index (χ2n) is 9.09. The predicted octanol–water partition coefficient (Wildman–Crippen LogP) is 1.36. The van der Waals surface area contributed by atoms with Gasteiger partial charge in [0.25, 0.3) is 11.8 Å². The molecule has 0 radical (unpaired) electrons. The van der Waals surface area contributed by atoms with Crippen LogP contribution in [0.25, 0.3) is 22.6 Å². The van der Waals surface area contributed by atoms with E-state index in [1.807, 2.05) is 0 Å². The van der Waals surface area contributed by atoms with Gasteiger partial charge in [-0.25, -0.2) is 4.39 Å². The molecule has 1 unspecified atom stereocenters. The van der Waals surface area contributed by atoms with Crippen molar-refractivity contribution in [1.29, 1.82) is 0 Å². The van der Waals surface area contributed by atoms with E-state index in [9.17, 15) is 19.2 Å². The SMILES string of the molecule is O=C1CCC(N2C(=O)C3=C(C2=O)N(Cc2nc(-c4cccc(-c5cccnn5)c4F)no2)CCC3)C(=O)N1. The van der Waals surface area contributed by atoms with E-state index in [0.29, 0.717) is 30.7 Å². The first-order valence-corrected chi connectivity index (χ1v) is 12.0. The Kier molecular flexibility index (Phi) is 5.74. The van der Waals surface area contributed by atoms with Crippen LogP contribution in [0.4, 0.5) is 4.39 Å². The summed E-state index contributed by atoms with van der Waals surface area (Å²) in [6, 6.07) is 6.98. The molecule has 38 heavy (non-hydrogen) atoms. The highest BCUT2D eigenvalue weighted by Crippen LogP contribution is 2.35. The summed E-state index contributed by atoms with van der Waals surface area (Å²) in [6.07, 6.45) is 2.59. The number of benzene rings is 1. The van der Waals surface area contributed by atoms with Gasteiger partial charge in [0, 0.05) is 30.3 Å². The van der Waals surface area contributed by atoms with Crippen LogP contribution in [0.3, 0.4) is 0 Å². The zero-order valence-corrected chi connectivity index (χ0v) is 19.9. The Bertz CT molecular complexity index is 1520. The van der Waals surface area contributed by atoms with Crippen molar-refractivity contribution in [2.75, 3.05) is 6.54 Å². The van der Waals surface area contributed by atoms with Crippen molar-refractivity contribution in [3.8, 4) is 22.6 Å². The van der Waals surface area contributed by atoms with Crippen molar-refractivity contribution in [2.45, 2.75) is 38.3 Å². The number of hydrogen-bond donors (Lipinski definition) is 1. The van der Waals surface area contributed by atoms with E-state index in [4.69, 9.17) is 4.52 Å². The average Bonchev–Trinajstić information content (AvgIpc) is 3.48. The van der Waals surface area contributed by atoms with E-state index >= 15 is 4.39 Å². The number of halogens is 1. The van der Waals surface area contributed by atoms with Gasteiger partial charge < -0.3 is 9.42 Å². The van der Waals surface area contributed by atoms with Gasteiger partial charge in [0.2, 0.25) is 23.5 Å². The van der Waals surface area contributed by atoms with Gasteiger partial charge in [0.15, 0.2) is 0 Å². The maximum atomic E-state index is 15.3. The summed E-state index contributed by atoms with van der Waals surface area (Å²) >= 11 is 0. The quantitative estimate of drug-likeness (QED) is 0.491. The number of imide groups is 2. The number of aromatic nitrogens is 4. The summed E-state index contributed by atoms with van der Waals surface area (Å²) in [5, 5.41) is 13.8. The van der Waals surface area contributed by atoms with Crippen molar-refractivity contribution in [3.05, 3.63) is 59.5 Å². The molecule has 0 saturated carbocycles. The summed E-state index contributed by atoms with van der Waals surface area (Å²) in [5.41, 5.74) is 1.19. The van der Waals surface area contributed by atoms with Gasteiger partial charge in [0.05, 0.1) is 17.8 Å². The molecule has 2 aromatic heterocycles. The molecule has 1 fully saturated rings. The topological polar surface area (TPSA) is 151 Å². The number of amides is 4. The summed E-state index contributed by atoms with van der Waals surface area (Å²) in [4.78, 5) is 57.3. The Labute approximate surface area is 214 Å². The summed E-state index contributed by atoms with van der Waals surface area (Å²) < 4.78 is 20.7. The van der Waals surface area contributed by atoms with E-state index in [0.717, 1.165) is 4.90 Å². The second kappa shape index (κ2) is 9.25. The Morgan fingerprint density at radius 2 is 1.89 bits per heavy atom. The molecule has 5 heterocycles. The molecular weight excluding hydrogens is 497 g/mol. The lowest BCUT2D eigenvalue weighted by atomic mass is 10.0. The minimum Gasteiger partial charge on any atom is -0.357 e. The van der Waals surface area contributed by atoms with Gasteiger partial charge in [-0.2, -0.15) is 15.2 Å². The van der Waals surface area contributed by atoms with Crippen LogP contribution in [0.5, 0.6) is 0 Å². The third-order valence-corrected chi connectivity index (χ3v) is 6.76. The minimum absolute atomic E-state index is 0.0134. The maximum Gasteiger partial charge on any atom is 0.278 e. The van der Waals surface area contributed by atoms with Crippen LogP contribution in [0.2, 0.25) is 0 Å². The van der Waals surface area contributed by atoms with Crippen LogP contribution in [0, 0.1) is 5.82 Å². The number of nitrogens with one attached hydrogen (secondary N) is 1. The zero-order chi connectivity index (χ0) is 26.4. The molecule has 1 atom stereocenters. The molecule has 13 heteroatoms. The standard InChI is InChI=1S/C25H20FN7O5/c26-20-13(16-7-2-10-27-30-16)4-1-5-14(20)22-29-19(38-31-22)12-32-11-3-6-15-21(32)25(37)33(24(15)36)17-8-9-18(34)28-23(17)35/h1-2,4-5,7,10,17H,3,6,8-9,11-12H2,(H,28,34,35). The van der Waals surface area contributed by atoms with E-state index in [-0.39, 0.29) is 47.9 Å². The number of carbonyl (C=O) groups excluding carboxylic acids is 4. The van der Waals surface area contributed by atoms with Gasteiger partial charge >= 0.3 is 0 Å². The molecule has 3 aliphatic heterocycles. The maximum absolute atomic E-state index is 15.3. The van der Waals surface area contributed by atoms with Crippen molar-refractivity contribution >= 4 is 23.6 Å². The Balaban J connectivity index is 1.24. The van der Waals surface area contributed by atoms with Crippen LogP contribution in [-0.2, 0) is 25.7 Å². The molecule has 192 valence electrons. The largest absolute Gasteiger partial charge is 0.357 e. The number of nitrogens with zero attached hydrogens (tertiary/aromatic N) is 6. The fourth-order valence-corrected chi connectivity index (χ4v) is 5.00. The third kappa shape index (κ3) is 3.92. The Hall–Kier alpha value is -4.81. The first-order chi connectivity index (χ1) is 18.4. The lowest BCUT2D eigenvalue weighted by Gasteiger charge is -2.29. The number of piperidine rings is 1. The van der Waals surface area contributed by atoms with Gasteiger partial charge in [-0.05, 0) is 43.5 Å². The van der Waals surface area contributed by atoms with Crippen LogP contribution in [0.15, 0.2) is 52.3 Å². The van der Waals surface area contributed by atoms with Crippen molar-refractivity contribution < 1.29 is 28.1 Å². The normalized spacial score (nSPS) is 19.8. The molecule has 3 aliphatic rings. The van der Waals surface area contributed by atoms with Crippen LogP contribution in [-0.4, -0.2) is 66.4 Å². The van der Waals surface area contributed by atoms with Gasteiger partial charge in [-0.1, -0.05) is 11.2 Å². The van der Waals surface area contributed by atoms with E-state index in [1.54, 1.807) is 29.2 Å². The highest BCUT2D eigenvalue weighted by molar-refractivity contribution is 6.21. The zero-order valence-electron chi connectivity index (χ0n) is 19.9. The minimum atomic E-state index is -1.04. The van der Waals surface area contributed by atoms with Crippen LogP contribution < -0.4 is 5.32 Å². The highest BCUT2D eigenvalue weighted by atomic mass is 19.1. The fraction of sp³-hybridized carbons (Fsp3) is 0.280. The van der Waals surface area contributed by atoms with Crippen LogP contribution in [0.1, 0.15) is 31.6 Å². The molecule has 0 bridgehead atoms. The third-order valence-electron chi connectivity index (χ3n) is 6.76. The first kappa shape index (κ1) is 23.6. The molecule has 1 N–H and O–H groups in total. The molecule has 1 saturated heterocycles.